The summed E-state index contributed by atoms with van der Waals surface area (Å²) in [7, 11) is 3.31. The number of aryl methyl sites for hydroxylation is 1. The zero-order valence-electron chi connectivity index (χ0n) is 14.8. The van der Waals surface area contributed by atoms with E-state index in [1.807, 2.05) is 30.5 Å². The first kappa shape index (κ1) is 16.7. The van der Waals surface area contributed by atoms with E-state index < -0.39 is 0 Å². The molecule has 0 saturated carbocycles. The number of anilines is 1. The topological polar surface area (TPSA) is 99.8 Å². The maximum absolute atomic E-state index is 12.2. The molecule has 1 aromatic carbocycles. The fraction of sp³-hybridized carbons (Fsp3) is 0.167. The summed E-state index contributed by atoms with van der Waals surface area (Å²) in [4.78, 5) is 17.9. The zero-order chi connectivity index (χ0) is 18.8. The molecule has 4 aromatic rings. The summed E-state index contributed by atoms with van der Waals surface area (Å²) in [5, 5.41) is 15.9. The molecule has 0 unspecified atom stereocenters. The monoisotopic (exact) mass is 363 g/mol. The molecular weight excluding hydrogens is 346 g/mol. The summed E-state index contributed by atoms with van der Waals surface area (Å²) in [6.45, 7) is 0.0723. The Bertz CT molecular complexity index is 1120. The number of rotatable bonds is 5. The molecule has 3 heterocycles. The number of fused-ring (bicyclic) bond motifs is 1. The van der Waals surface area contributed by atoms with Gasteiger partial charge in [-0.1, -0.05) is 6.07 Å². The van der Waals surface area contributed by atoms with Crippen LogP contribution in [0.2, 0.25) is 0 Å². The first-order valence-corrected chi connectivity index (χ1v) is 8.25. The number of carbonyl (C=O) groups is 1. The SMILES string of the molecule is COc1ccc(-c2cnn(CC(=O)Nc3cnn(C)n3)c2)c2cccnc12. The van der Waals surface area contributed by atoms with Gasteiger partial charge in [0.1, 0.15) is 17.8 Å². The maximum atomic E-state index is 12.2. The van der Waals surface area contributed by atoms with Gasteiger partial charge in [-0.05, 0) is 23.8 Å². The lowest BCUT2D eigenvalue weighted by Crippen LogP contribution is -2.19. The van der Waals surface area contributed by atoms with Gasteiger partial charge in [0.05, 0.1) is 19.5 Å². The minimum atomic E-state index is -0.230. The van der Waals surface area contributed by atoms with Gasteiger partial charge in [0, 0.05) is 30.4 Å². The van der Waals surface area contributed by atoms with E-state index in [4.69, 9.17) is 4.74 Å². The summed E-state index contributed by atoms with van der Waals surface area (Å²) in [5.74, 6) is 0.888. The predicted octanol–water partition coefficient (Wildman–Crippen LogP) is 1.87. The highest BCUT2D eigenvalue weighted by Gasteiger charge is 2.12. The van der Waals surface area contributed by atoms with Gasteiger partial charge in [-0.2, -0.15) is 15.0 Å². The van der Waals surface area contributed by atoms with Gasteiger partial charge in [0.25, 0.3) is 0 Å². The van der Waals surface area contributed by atoms with Crippen molar-refractivity contribution in [2.75, 3.05) is 12.4 Å². The van der Waals surface area contributed by atoms with Crippen LogP contribution in [0.4, 0.5) is 5.82 Å². The normalized spacial score (nSPS) is 10.9. The quantitative estimate of drug-likeness (QED) is 0.581. The summed E-state index contributed by atoms with van der Waals surface area (Å²) in [6, 6.07) is 7.70. The molecule has 27 heavy (non-hydrogen) atoms. The Labute approximate surface area is 154 Å². The van der Waals surface area contributed by atoms with Gasteiger partial charge >= 0.3 is 0 Å². The van der Waals surface area contributed by atoms with E-state index in [1.54, 1.807) is 31.2 Å². The molecule has 3 aromatic heterocycles. The van der Waals surface area contributed by atoms with E-state index in [9.17, 15) is 4.79 Å². The average molecular weight is 363 g/mol. The average Bonchev–Trinajstić information content (AvgIpc) is 3.29. The van der Waals surface area contributed by atoms with E-state index in [0.717, 1.165) is 22.0 Å². The van der Waals surface area contributed by atoms with Gasteiger partial charge in [0.15, 0.2) is 5.82 Å². The highest BCUT2D eigenvalue weighted by atomic mass is 16.5. The van der Waals surface area contributed by atoms with Crippen LogP contribution < -0.4 is 10.1 Å². The van der Waals surface area contributed by atoms with Crippen LogP contribution >= 0.6 is 0 Å². The summed E-state index contributed by atoms with van der Waals surface area (Å²) >= 11 is 0. The van der Waals surface area contributed by atoms with Crippen molar-refractivity contribution in [3.8, 4) is 16.9 Å². The van der Waals surface area contributed by atoms with Crippen LogP contribution in [0.5, 0.6) is 5.75 Å². The molecule has 9 heteroatoms. The summed E-state index contributed by atoms with van der Waals surface area (Å²) in [6.07, 6.45) is 6.77. The smallest absolute Gasteiger partial charge is 0.247 e. The van der Waals surface area contributed by atoms with Crippen molar-refractivity contribution in [1.82, 2.24) is 29.8 Å². The van der Waals surface area contributed by atoms with Crippen LogP contribution in [-0.2, 0) is 18.4 Å². The van der Waals surface area contributed by atoms with E-state index >= 15 is 0 Å². The number of carbonyl (C=O) groups excluding carboxylic acids is 1. The summed E-state index contributed by atoms with van der Waals surface area (Å²) < 4.78 is 6.96. The number of hydrogen-bond donors (Lipinski definition) is 1. The number of methoxy groups -OCH3 is 1. The fourth-order valence-corrected chi connectivity index (χ4v) is 2.88. The van der Waals surface area contributed by atoms with Gasteiger partial charge in [-0.3, -0.25) is 14.5 Å². The Morgan fingerprint density at radius 3 is 2.89 bits per heavy atom. The minimum absolute atomic E-state index is 0.0723. The number of aromatic nitrogens is 6. The van der Waals surface area contributed by atoms with E-state index in [0.29, 0.717) is 11.6 Å². The molecule has 0 atom stereocenters. The lowest BCUT2D eigenvalue weighted by atomic mass is 10.0. The third-order valence-corrected chi connectivity index (χ3v) is 4.07. The highest BCUT2D eigenvalue weighted by Crippen LogP contribution is 2.32. The van der Waals surface area contributed by atoms with Crippen LogP contribution in [0.1, 0.15) is 0 Å². The number of nitrogens with one attached hydrogen (secondary N) is 1. The Morgan fingerprint density at radius 1 is 1.22 bits per heavy atom. The second-order valence-corrected chi connectivity index (χ2v) is 5.91. The molecule has 136 valence electrons. The second kappa shape index (κ2) is 6.87. The van der Waals surface area contributed by atoms with Crippen LogP contribution in [0.25, 0.3) is 22.0 Å². The van der Waals surface area contributed by atoms with Crippen LogP contribution in [0, 0.1) is 0 Å². The molecule has 1 amide bonds. The summed E-state index contributed by atoms with van der Waals surface area (Å²) in [5.41, 5.74) is 2.65. The number of benzene rings is 1. The van der Waals surface area contributed by atoms with Crippen molar-refractivity contribution >= 4 is 22.6 Å². The lowest BCUT2D eigenvalue weighted by Gasteiger charge is -2.08. The van der Waals surface area contributed by atoms with Crippen molar-refractivity contribution < 1.29 is 9.53 Å². The van der Waals surface area contributed by atoms with Crippen molar-refractivity contribution in [2.45, 2.75) is 6.54 Å². The maximum Gasteiger partial charge on any atom is 0.247 e. The Morgan fingerprint density at radius 2 is 2.11 bits per heavy atom. The van der Waals surface area contributed by atoms with Gasteiger partial charge in [-0.25, -0.2) is 0 Å². The number of hydrogen-bond acceptors (Lipinski definition) is 6. The third-order valence-electron chi connectivity index (χ3n) is 4.07. The first-order chi connectivity index (χ1) is 13.1. The van der Waals surface area contributed by atoms with Crippen molar-refractivity contribution in [3.63, 3.8) is 0 Å². The van der Waals surface area contributed by atoms with Crippen LogP contribution in [0.3, 0.4) is 0 Å². The lowest BCUT2D eigenvalue weighted by molar-refractivity contribution is -0.116. The molecular formula is C18H17N7O2. The first-order valence-electron chi connectivity index (χ1n) is 8.25. The number of amides is 1. The third kappa shape index (κ3) is 3.34. The Hall–Kier alpha value is -3.75. The highest BCUT2D eigenvalue weighted by molar-refractivity contribution is 5.97. The molecule has 0 spiro atoms. The van der Waals surface area contributed by atoms with Crippen molar-refractivity contribution in [3.05, 3.63) is 49.1 Å². The molecule has 0 aliphatic carbocycles. The Kier molecular flexibility index (Phi) is 4.25. The molecule has 1 N–H and O–H groups in total. The standard InChI is InChI=1S/C18H17N7O2/c1-24-20-9-16(23-24)22-17(26)11-25-10-12(8-21-25)13-5-6-15(27-2)18-14(13)4-3-7-19-18/h3-10H,11H2,1-2H3,(H,22,23,26). The molecule has 4 rings (SSSR count). The molecule has 0 aliphatic rings. The van der Waals surface area contributed by atoms with Crippen molar-refractivity contribution in [2.24, 2.45) is 7.05 Å². The molecule has 0 saturated heterocycles. The predicted molar refractivity (Wildman–Crippen MR) is 99.1 cm³/mol. The second-order valence-electron chi connectivity index (χ2n) is 5.91. The van der Waals surface area contributed by atoms with Gasteiger partial charge in [0.2, 0.25) is 5.91 Å². The zero-order valence-corrected chi connectivity index (χ0v) is 14.8. The molecule has 0 bridgehead atoms. The van der Waals surface area contributed by atoms with Crippen LogP contribution in [-0.4, -0.2) is 42.8 Å². The number of nitrogens with zero attached hydrogens (tertiary/aromatic N) is 6. The van der Waals surface area contributed by atoms with Crippen molar-refractivity contribution in [1.29, 1.82) is 0 Å². The van der Waals surface area contributed by atoms with E-state index in [2.05, 4.69) is 25.6 Å². The van der Waals surface area contributed by atoms with Gasteiger partial charge < -0.3 is 10.1 Å². The molecule has 0 radical (unpaired) electrons. The Balaban J connectivity index is 1.58. The fourth-order valence-electron chi connectivity index (χ4n) is 2.88. The van der Waals surface area contributed by atoms with E-state index in [-0.39, 0.29) is 12.5 Å². The minimum Gasteiger partial charge on any atom is -0.494 e. The molecule has 9 nitrogen and oxygen atoms in total. The number of pyridine rings is 1. The molecule has 0 fully saturated rings. The number of ether oxygens (including phenoxy) is 1. The van der Waals surface area contributed by atoms with Gasteiger partial charge in [-0.15, -0.1) is 5.10 Å². The largest absolute Gasteiger partial charge is 0.494 e. The van der Waals surface area contributed by atoms with Crippen LogP contribution in [0.15, 0.2) is 49.1 Å². The van der Waals surface area contributed by atoms with E-state index in [1.165, 1.54) is 11.0 Å². The molecule has 0 aliphatic heterocycles.